The largest absolute Gasteiger partial charge is 0.342 e. The molecule has 0 aliphatic rings. The van der Waals surface area contributed by atoms with Gasteiger partial charge in [0.15, 0.2) is 0 Å². The molecular weight excluding hydrogens is 188 g/mol. The Kier molecular flexibility index (Phi) is 3.17. The summed E-state index contributed by atoms with van der Waals surface area (Å²) < 4.78 is 25.6. The maximum absolute atomic E-state index is 13.1. The van der Waals surface area contributed by atoms with Gasteiger partial charge in [0.1, 0.15) is 11.6 Å². The van der Waals surface area contributed by atoms with E-state index in [1.165, 1.54) is 11.9 Å². The fourth-order valence-electron chi connectivity index (χ4n) is 0.970. The summed E-state index contributed by atoms with van der Waals surface area (Å²) in [6.45, 7) is 3.72. The molecule has 0 unspecified atom stereocenters. The standard InChI is InChI=1S/C10H10F2NO/c1-3-13(2)10(14)8-5-4-7(11)6-9(8)12/h4-6H,1,3H2,2H3. The molecule has 0 saturated carbocycles. The molecule has 0 aromatic heterocycles. The lowest BCUT2D eigenvalue weighted by Gasteiger charge is -2.14. The third-order valence-corrected chi connectivity index (χ3v) is 1.84. The number of carbonyl (C=O) groups is 1. The molecule has 0 heterocycles. The van der Waals surface area contributed by atoms with E-state index >= 15 is 0 Å². The van der Waals surface area contributed by atoms with Gasteiger partial charge in [0.25, 0.3) is 5.91 Å². The van der Waals surface area contributed by atoms with E-state index in [1.54, 1.807) is 0 Å². The Bertz CT molecular complexity index is 352. The topological polar surface area (TPSA) is 20.3 Å². The highest BCUT2D eigenvalue weighted by Gasteiger charge is 2.15. The number of halogens is 2. The van der Waals surface area contributed by atoms with Gasteiger partial charge in [-0.15, -0.1) is 0 Å². The van der Waals surface area contributed by atoms with Gasteiger partial charge in [-0.2, -0.15) is 0 Å². The van der Waals surface area contributed by atoms with Crippen LogP contribution in [0.3, 0.4) is 0 Å². The third-order valence-electron chi connectivity index (χ3n) is 1.84. The number of rotatable bonds is 2. The van der Waals surface area contributed by atoms with Crippen molar-refractivity contribution in [3.8, 4) is 0 Å². The molecule has 0 bridgehead atoms. The average Bonchev–Trinajstić information content (AvgIpc) is 2.15. The highest BCUT2D eigenvalue weighted by molar-refractivity contribution is 5.94. The number of hydrogen-bond donors (Lipinski definition) is 0. The molecule has 0 aliphatic carbocycles. The van der Waals surface area contributed by atoms with E-state index in [4.69, 9.17) is 0 Å². The fourth-order valence-corrected chi connectivity index (χ4v) is 0.970. The number of amides is 1. The molecule has 0 N–H and O–H groups in total. The maximum atomic E-state index is 13.1. The van der Waals surface area contributed by atoms with Gasteiger partial charge < -0.3 is 4.90 Å². The molecule has 0 saturated heterocycles. The first kappa shape index (κ1) is 10.6. The molecule has 0 spiro atoms. The third kappa shape index (κ3) is 2.07. The van der Waals surface area contributed by atoms with Gasteiger partial charge in [-0.05, 0) is 19.1 Å². The highest BCUT2D eigenvalue weighted by atomic mass is 19.1. The van der Waals surface area contributed by atoms with E-state index in [-0.39, 0.29) is 12.1 Å². The Labute approximate surface area is 81.1 Å². The maximum Gasteiger partial charge on any atom is 0.256 e. The molecule has 14 heavy (non-hydrogen) atoms. The minimum Gasteiger partial charge on any atom is -0.342 e. The first-order valence-electron chi connectivity index (χ1n) is 4.06. The van der Waals surface area contributed by atoms with Crippen molar-refractivity contribution in [1.82, 2.24) is 4.90 Å². The Morgan fingerprint density at radius 3 is 2.64 bits per heavy atom. The number of nitrogens with zero attached hydrogens (tertiary/aromatic N) is 1. The van der Waals surface area contributed by atoms with Crippen LogP contribution in [0.5, 0.6) is 0 Å². The van der Waals surface area contributed by atoms with Crippen molar-refractivity contribution in [2.24, 2.45) is 0 Å². The normalized spacial score (nSPS) is 10.0. The quantitative estimate of drug-likeness (QED) is 0.710. The lowest BCUT2D eigenvalue weighted by atomic mass is 10.2. The highest BCUT2D eigenvalue weighted by Crippen LogP contribution is 2.11. The van der Waals surface area contributed by atoms with Crippen molar-refractivity contribution in [3.63, 3.8) is 0 Å². The minimum absolute atomic E-state index is 0.141. The molecule has 1 aromatic carbocycles. The Morgan fingerprint density at radius 1 is 1.50 bits per heavy atom. The monoisotopic (exact) mass is 198 g/mol. The Balaban J connectivity index is 3.02. The van der Waals surface area contributed by atoms with Crippen LogP contribution in [0.25, 0.3) is 0 Å². The van der Waals surface area contributed by atoms with Crippen LogP contribution >= 0.6 is 0 Å². The lowest BCUT2D eigenvalue weighted by Crippen LogP contribution is -2.27. The number of hydrogen-bond acceptors (Lipinski definition) is 1. The van der Waals surface area contributed by atoms with Crippen molar-refractivity contribution in [1.29, 1.82) is 0 Å². The average molecular weight is 198 g/mol. The van der Waals surface area contributed by atoms with Crippen molar-refractivity contribution < 1.29 is 13.6 Å². The molecule has 1 rings (SSSR count). The number of carbonyl (C=O) groups excluding carboxylic acids is 1. The van der Waals surface area contributed by atoms with Gasteiger partial charge in [-0.1, -0.05) is 0 Å². The van der Waals surface area contributed by atoms with Gasteiger partial charge in [0, 0.05) is 19.7 Å². The van der Waals surface area contributed by atoms with Crippen LogP contribution in [0.4, 0.5) is 8.78 Å². The minimum atomic E-state index is -0.852. The second-order valence-corrected chi connectivity index (χ2v) is 2.85. The summed E-state index contributed by atoms with van der Waals surface area (Å²) in [6, 6.07) is 2.86. The summed E-state index contributed by atoms with van der Waals surface area (Å²) in [5.41, 5.74) is -0.141. The molecule has 1 amide bonds. The molecule has 0 atom stereocenters. The summed E-state index contributed by atoms with van der Waals surface area (Å²) in [4.78, 5) is 12.7. The van der Waals surface area contributed by atoms with Gasteiger partial charge in [0.05, 0.1) is 5.56 Å². The molecule has 0 fully saturated rings. The van der Waals surface area contributed by atoms with Gasteiger partial charge in [-0.3, -0.25) is 4.79 Å². The van der Waals surface area contributed by atoms with Crippen LogP contribution < -0.4 is 0 Å². The lowest BCUT2D eigenvalue weighted by molar-refractivity contribution is 0.0805. The molecule has 1 aromatic rings. The summed E-state index contributed by atoms with van der Waals surface area (Å²) in [5.74, 6) is -2.05. The van der Waals surface area contributed by atoms with Crippen LogP contribution in [-0.4, -0.2) is 24.4 Å². The Hall–Kier alpha value is -1.45. The second-order valence-electron chi connectivity index (χ2n) is 2.85. The van der Waals surface area contributed by atoms with Crippen molar-refractivity contribution in [2.75, 3.05) is 13.6 Å². The molecule has 0 aliphatic heterocycles. The van der Waals surface area contributed by atoms with Crippen LogP contribution in [0, 0.1) is 18.6 Å². The van der Waals surface area contributed by atoms with Gasteiger partial charge >= 0.3 is 0 Å². The van der Waals surface area contributed by atoms with Crippen molar-refractivity contribution in [2.45, 2.75) is 0 Å². The predicted molar refractivity (Wildman–Crippen MR) is 48.7 cm³/mol. The Morgan fingerprint density at radius 2 is 2.14 bits per heavy atom. The molecule has 75 valence electrons. The summed E-state index contributed by atoms with van der Waals surface area (Å²) >= 11 is 0. The van der Waals surface area contributed by atoms with Gasteiger partial charge in [-0.25, -0.2) is 8.78 Å². The second kappa shape index (κ2) is 4.17. The molecule has 1 radical (unpaired) electrons. The SMILES string of the molecule is [CH2]CN(C)C(=O)c1ccc(F)cc1F. The first-order valence-corrected chi connectivity index (χ1v) is 4.06. The zero-order valence-corrected chi connectivity index (χ0v) is 7.76. The zero-order valence-electron chi connectivity index (χ0n) is 7.76. The molecule has 4 heteroatoms. The van der Waals surface area contributed by atoms with Crippen molar-refractivity contribution in [3.05, 3.63) is 42.3 Å². The fraction of sp³-hybridized carbons (Fsp3) is 0.200. The van der Waals surface area contributed by atoms with E-state index in [2.05, 4.69) is 6.92 Å². The summed E-state index contributed by atoms with van der Waals surface area (Å²) in [6.07, 6.45) is 0. The van der Waals surface area contributed by atoms with E-state index in [0.29, 0.717) is 6.07 Å². The molecule has 2 nitrogen and oxygen atoms in total. The van der Waals surface area contributed by atoms with Crippen LogP contribution in [0.2, 0.25) is 0 Å². The molecular formula is C10H10F2NO. The number of benzene rings is 1. The predicted octanol–water partition coefficient (Wildman–Crippen LogP) is 1.87. The van der Waals surface area contributed by atoms with E-state index in [9.17, 15) is 13.6 Å². The van der Waals surface area contributed by atoms with Crippen LogP contribution in [0.15, 0.2) is 18.2 Å². The van der Waals surface area contributed by atoms with E-state index in [1.807, 2.05) is 0 Å². The summed E-state index contributed by atoms with van der Waals surface area (Å²) in [7, 11) is 1.50. The van der Waals surface area contributed by atoms with Crippen LogP contribution in [0.1, 0.15) is 10.4 Å². The summed E-state index contributed by atoms with van der Waals surface area (Å²) in [5, 5.41) is 0. The van der Waals surface area contributed by atoms with E-state index < -0.39 is 17.5 Å². The van der Waals surface area contributed by atoms with Crippen molar-refractivity contribution >= 4 is 5.91 Å². The zero-order chi connectivity index (χ0) is 10.7. The van der Waals surface area contributed by atoms with Crippen LogP contribution in [-0.2, 0) is 0 Å². The van der Waals surface area contributed by atoms with Gasteiger partial charge in [0.2, 0.25) is 0 Å². The first-order chi connectivity index (χ1) is 6.56. The smallest absolute Gasteiger partial charge is 0.256 e. The van der Waals surface area contributed by atoms with E-state index in [0.717, 1.165) is 12.1 Å².